The van der Waals surface area contributed by atoms with Gasteiger partial charge in [-0.2, -0.15) is 0 Å². The Morgan fingerprint density at radius 3 is 2.90 bits per heavy atom. The van der Waals surface area contributed by atoms with Gasteiger partial charge in [-0.05, 0) is 42.3 Å². The van der Waals surface area contributed by atoms with E-state index >= 15 is 0 Å². The van der Waals surface area contributed by atoms with Crippen LogP contribution in [0.1, 0.15) is 18.9 Å². The molecule has 1 aromatic carbocycles. The minimum Gasteiger partial charge on any atom is -0.490 e. The summed E-state index contributed by atoms with van der Waals surface area (Å²) in [6.07, 6.45) is 2.71. The Morgan fingerprint density at radius 1 is 1.33 bits per heavy atom. The van der Waals surface area contributed by atoms with Gasteiger partial charge in [-0.25, -0.2) is 4.98 Å². The molecule has 0 bridgehead atoms. The van der Waals surface area contributed by atoms with Crippen LogP contribution < -0.4 is 15.4 Å². The van der Waals surface area contributed by atoms with E-state index in [2.05, 4.69) is 11.9 Å². The number of aromatic nitrogens is 1. The second-order valence-corrected chi connectivity index (χ2v) is 5.29. The molecule has 5 heteroatoms. The van der Waals surface area contributed by atoms with Crippen molar-refractivity contribution in [3.8, 4) is 5.75 Å². The predicted octanol–water partition coefficient (Wildman–Crippen LogP) is 3.74. The fraction of sp³-hybridized carbons (Fsp3) is 0.312. The van der Waals surface area contributed by atoms with Gasteiger partial charge in [-0.1, -0.05) is 18.5 Å². The van der Waals surface area contributed by atoms with Gasteiger partial charge in [-0.3, -0.25) is 0 Å². The lowest BCUT2D eigenvalue weighted by Gasteiger charge is -2.21. The molecule has 0 unspecified atom stereocenters. The zero-order valence-electron chi connectivity index (χ0n) is 12.3. The second kappa shape index (κ2) is 7.18. The maximum Gasteiger partial charge on any atom is 0.171 e. The van der Waals surface area contributed by atoms with Crippen molar-refractivity contribution in [2.24, 2.45) is 0 Å². The number of benzene rings is 1. The van der Waals surface area contributed by atoms with Crippen LogP contribution in [0.5, 0.6) is 5.75 Å². The lowest BCUT2D eigenvalue weighted by atomic mass is 10.2. The van der Waals surface area contributed by atoms with E-state index in [-0.39, 0.29) is 0 Å². The highest BCUT2D eigenvalue weighted by Gasteiger charge is 2.12. The van der Waals surface area contributed by atoms with Crippen LogP contribution in [0.15, 0.2) is 36.5 Å². The van der Waals surface area contributed by atoms with Crippen molar-refractivity contribution in [1.82, 2.24) is 4.98 Å². The van der Waals surface area contributed by atoms with Gasteiger partial charge in [0.25, 0.3) is 0 Å². The first-order valence-corrected chi connectivity index (χ1v) is 7.32. The van der Waals surface area contributed by atoms with E-state index in [1.54, 1.807) is 12.3 Å². The average Bonchev–Trinajstić information content (AvgIpc) is 2.49. The molecule has 0 aliphatic heterocycles. The van der Waals surface area contributed by atoms with Crippen LogP contribution in [-0.4, -0.2) is 18.6 Å². The maximum absolute atomic E-state index is 6.22. The van der Waals surface area contributed by atoms with Gasteiger partial charge >= 0.3 is 0 Å². The van der Waals surface area contributed by atoms with Crippen molar-refractivity contribution in [3.05, 3.63) is 47.1 Å². The third kappa shape index (κ3) is 4.02. The van der Waals surface area contributed by atoms with Gasteiger partial charge in [-0.15, -0.1) is 0 Å². The summed E-state index contributed by atoms with van der Waals surface area (Å²) < 4.78 is 5.74. The van der Waals surface area contributed by atoms with E-state index in [4.69, 9.17) is 22.1 Å². The van der Waals surface area contributed by atoms with Gasteiger partial charge in [0, 0.05) is 30.5 Å². The van der Waals surface area contributed by atoms with Crippen LogP contribution in [0.3, 0.4) is 0 Å². The molecule has 1 aromatic heterocycles. The highest BCUT2D eigenvalue weighted by atomic mass is 35.5. The normalized spacial score (nSPS) is 10.4. The Hall–Kier alpha value is -1.94. The van der Waals surface area contributed by atoms with Crippen LogP contribution in [0.2, 0.25) is 5.02 Å². The summed E-state index contributed by atoms with van der Waals surface area (Å²) in [5.74, 6) is 1.58. The summed E-state index contributed by atoms with van der Waals surface area (Å²) in [4.78, 5) is 6.41. The number of anilines is 2. The number of pyridine rings is 1. The van der Waals surface area contributed by atoms with E-state index < -0.39 is 0 Å². The fourth-order valence-electron chi connectivity index (χ4n) is 2.04. The van der Waals surface area contributed by atoms with Crippen molar-refractivity contribution < 1.29 is 4.74 Å². The zero-order valence-corrected chi connectivity index (χ0v) is 13.1. The number of hydrogen-bond acceptors (Lipinski definition) is 4. The fourth-order valence-corrected chi connectivity index (χ4v) is 2.22. The van der Waals surface area contributed by atoms with Crippen LogP contribution >= 0.6 is 11.6 Å². The number of nitrogens with zero attached hydrogens (tertiary/aromatic N) is 2. The molecule has 4 nitrogen and oxygen atoms in total. The highest BCUT2D eigenvalue weighted by molar-refractivity contribution is 6.31. The molecular weight excluding hydrogens is 286 g/mol. The van der Waals surface area contributed by atoms with Gasteiger partial charge in [0.2, 0.25) is 0 Å². The Balaban J connectivity index is 2.20. The van der Waals surface area contributed by atoms with Crippen molar-refractivity contribution >= 4 is 23.1 Å². The van der Waals surface area contributed by atoms with Gasteiger partial charge in [0.1, 0.15) is 0 Å². The molecule has 0 atom stereocenters. The van der Waals surface area contributed by atoms with E-state index in [1.807, 2.05) is 36.2 Å². The molecule has 112 valence electrons. The number of nitrogens with two attached hydrogens (primary N) is 1. The maximum atomic E-state index is 6.22. The Labute approximate surface area is 130 Å². The summed E-state index contributed by atoms with van der Waals surface area (Å²) >= 11 is 6.22. The van der Waals surface area contributed by atoms with E-state index in [0.29, 0.717) is 23.9 Å². The molecular formula is C16H20ClN3O. The molecule has 0 saturated carbocycles. The number of nitrogen functional groups attached to an aromatic ring is 1. The Bertz CT molecular complexity index is 604. The quantitative estimate of drug-likeness (QED) is 0.826. The summed E-state index contributed by atoms with van der Waals surface area (Å²) in [7, 11) is 1.96. The second-order valence-electron chi connectivity index (χ2n) is 4.88. The molecule has 2 rings (SSSR count). The predicted molar refractivity (Wildman–Crippen MR) is 88.0 cm³/mol. The largest absolute Gasteiger partial charge is 0.490 e. The molecule has 1 heterocycles. The van der Waals surface area contributed by atoms with Crippen molar-refractivity contribution in [2.45, 2.75) is 19.9 Å². The van der Waals surface area contributed by atoms with Crippen LogP contribution in [-0.2, 0) is 6.54 Å². The number of halogens is 1. The van der Waals surface area contributed by atoms with Crippen molar-refractivity contribution in [3.63, 3.8) is 0 Å². The number of hydrogen-bond donors (Lipinski definition) is 1. The summed E-state index contributed by atoms with van der Waals surface area (Å²) in [6, 6.07) is 9.29. The van der Waals surface area contributed by atoms with Gasteiger partial charge in [0.05, 0.1) is 6.61 Å². The summed E-state index contributed by atoms with van der Waals surface area (Å²) in [6.45, 7) is 3.36. The smallest absolute Gasteiger partial charge is 0.171 e. The summed E-state index contributed by atoms with van der Waals surface area (Å²) in [5, 5.41) is 0.697. The number of ether oxygens (including phenoxy) is 1. The molecule has 0 saturated heterocycles. The third-order valence-corrected chi connectivity index (χ3v) is 3.42. The van der Waals surface area contributed by atoms with E-state index in [9.17, 15) is 0 Å². The first-order valence-electron chi connectivity index (χ1n) is 6.94. The third-order valence-electron chi connectivity index (χ3n) is 3.05. The molecule has 0 fully saturated rings. The van der Waals surface area contributed by atoms with Crippen molar-refractivity contribution in [1.29, 1.82) is 0 Å². The summed E-state index contributed by atoms with van der Waals surface area (Å²) in [5.41, 5.74) is 7.48. The highest BCUT2D eigenvalue weighted by Crippen LogP contribution is 2.27. The monoisotopic (exact) mass is 305 g/mol. The Morgan fingerprint density at radius 2 is 2.14 bits per heavy atom. The topological polar surface area (TPSA) is 51.4 Å². The average molecular weight is 306 g/mol. The lowest BCUT2D eigenvalue weighted by molar-refractivity contribution is 0.316. The molecule has 2 aromatic rings. The SMILES string of the molecule is CCCOc1cccnc1N(C)Cc1cc(N)ccc1Cl. The molecule has 2 N–H and O–H groups in total. The standard InChI is InChI=1S/C16H20ClN3O/c1-3-9-21-15-5-4-8-19-16(15)20(2)11-12-10-13(18)6-7-14(12)17/h4-8,10H,3,9,11,18H2,1-2H3. The van der Waals surface area contributed by atoms with Gasteiger partial charge < -0.3 is 15.4 Å². The number of rotatable bonds is 6. The first-order chi connectivity index (χ1) is 10.1. The first kappa shape index (κ1) is 15.4. The lowest BCUT2D eigenvalue weighted by Crippen LogP contribution is -2.19. The van der Waals surface area contributed by atoms with Crippen LogP contribution in [0, 0.1) is 0 Å². The molecule has 0 spiro atoms. The molecule has 0 aliphatic rings. The van der Waals surface area contributed by atoms with Gasteiger partial charge in [0.15, 0.2) is 11.6 Å². The molecule has 0 radical (unpaired) electrons. The zero-order chi connectivity index (χ0) is 15.2. The van der Waals surface area contributed by atoms with E-state index in [1.165, 1.54) is 0 Å². The molecule has 0 amide bonds. The molecule has 21 heavy (non-hydrogen) atoms. The van der Waals surface area contributed by atoms with Crippen LogP contribution in [0.4, 0.5) is 11.5 Å². The Kier molecular flexibility index (Phi) is 5.28. The van der Waals surface area contributed by atoms with Crippen LogP contribution in [0.25, 0.3) is 0 Å². The van der Waals surface area contributed by atoms with E-state index in [0.717, 1.165) is 23.6 Å². The minimum absolute atomic E-state index is 0.614. The molecule has 0 aliphatic carbocycles. The minimum atomic E-state index is 0.614. The van der Waals surface area contributed by atoms with Crippen molar-refractivity contribution in [2.75, 3.05) is 24.3 Å².